The third-order valence-corrected chi connectivity index (χ3v) is 5.19. The summed E-state index contributed by atoms with van der Waals surface area (Å²) < 4.78 is 25.8. The normalized spacial score (nSPS) is 33.5. The van der Waals surface area contributed by atoms with Crippen molar-refractivity contribution >= 4 is 5.91 Å². The molecule has 5 heteroatoms. The zero-order valence-electron chi connectivity index (χ0n) is 11.4. The van der Waals surface area contributed by atoms with E-state index in [0.29, 0.717) is 6.54 Å². The maximum Gasteiger partial charge on any atom is 0.249 e. The SMILES string of the molecule is CC1(CNC(=O)C2NCC23CCCC3)CC(F)(F)C1. The van der Waals surface area contributed by atoms with Gasteiger partial charge in [0.05, 0.1) is 6.04 Å². The Hall–Kier alpha value is -0.710. The fraction of sp³-hybridized carbons (Fsp3) is 0.929. The van der Waals surface area contributed by atoms with Crippen molar-refractivity contribution in [2.75, 3.05) is 13.1 Å². The van der Waals surface area contributed by atoms with Crippen molar-refractivity contribution in [1.29, 1.82) is 0 Å². The van der Waals surface area contributed by atoms with Gasteiger partial charge in [0.2, 0.25) is 11.8 Å². The molecule has 0 aromatic heterocycles. The fourth-order valence-electron chi connectivity index (χ4n) is 4.13. The van der Waals surface area contributed by atoms with Crippen LogP contribution < -0.4 is 10.6 Å². The summed E-state index contributed by atoms with van der Waals surface area (Å²) in [5, 5.41) is 6.09. The number of hydrogen-bond acceptors (Lipinski definition) is 2. The minimum absolute atomic E-state index is 0.00425. The molecule has 3 rings (SSSR count). The zero-order chi connectivity index (χ0) is 13.7. The first kappa shape index (κ1) is 13.3. The monoisotopic (exact) mass is 272 g/mol. The molecule has 0 radical (unpaired) electrons. The van der Waals surface area contributed by atoms with Crippen molar-refractivity contribution in [2.45, 2.75) is 57.4 Å². The summed E-state index contributed by atoms with van der Waals surface area (Å²) >= 11 is 0. The van der Waals surface area contributed by atoms with E-state index in [1.807, 2.05) is 6.92 Å². The van der Waals surface area contributed by atoms with Crippen LogP contribution >= 0.6 is 0 Å². The molecule has 3 nitrogen and oxygen atoms in total. The number of halogens is 2. The molecule has 108 valence electrons. The summed E-state index contributed by atoms with van der Waals surface area (Å²) in [6.07, 6.45) is 4.43. The van der Waals surface area contributed by atoms with Gasteiger partial charge in [0, 0.05) is 31.3 Å². The minimum atomic E-state index is -2.53. The van der Waals surface area contributed by atoms with Crippen LogP contribution in [0.25, 0.3) is 0 Å². The number of hydrogen-bond donors (Lipinski definition) is 2. The Kier molecular flexibility index (Phi) is 2.89. The molecule has 1 unspecified atom stereocenters. The standard InChI is InChI=1S/C14H22F2N2O/c1-12(6-14(15,16)7-12)8-18-11(19)10-13(9-17-10)4-2-3-5-13/h10,17H,2-9H2,1H3,(H,18,19). The van der Waals surface area contributed by atoms with E-state index in [1.165, 1.54) is 12.8 Å². The summed E-state index contributed by atoms with van der Waals surface area (Å²) in [5.41, 5.74) is -0.264. The molecule has 3 fully saturated rings. The molecule has 2 N–H and O–H groups in total. The lowest BCUT2D eigenvalue weighted by molar-refractivity contribution is -0.156. The topological polar surface area (TPSA) is 41.1 Å². The average Bonchev–Trinajstić information content (AvgIpc) is 2.73. The van der Waals surface area contributed by atoms with Gasteiger partial charge < -0.3 is 10.6 Å². The molecular weight excluding hydrogens is 250 g/mol. The van der Waals surface area contributed by atoms with E-state index in [1.54, 1.807) is 0 Å². The zero-order valence-corrected chi connectivity index (χ0v) is 11.4. The molecule has 19 heavy (non-hydrogen) atoms. The Balaban J connectivity index is 1.50. The molecule has 1 aliphatic heterocycles. The van der Waals surface area contributed by atoms with Crippen LogP contribution in [0.2, 0.25) is 0 Å². The van der Waals surface area contributed by atoms with Gasteiger partial charge in [-0.1, -0.05) is 19.8 Å². The van der Waals surface area contributed by atoms with E-state index >= 15 is 0 Å². The van der Waals surface area contributed by atoms with Crippen molar-refractivity contribution in [3.63, 3.8) is 0 Å². The number of amides is 1. The average molecular weight is 272 g/mol. The molecule has 0 aromatic rings. The van der Waals surface area contributed by atoms with Gasteiger partial charge in [-0.15, -0.1) is 0 Å². The van der Waals surface area contributed by atoms with Gasteiger partial charge in [-0.3, -0.25) is 4.79 Å². The Morgan fingerprint density at radius 1 is 1.32 bits per heavy atom. The lowest BCUT2D eigenvalue weighted by Crippen LogP contribution is -2.67. The van der Waals surface area contributed by atoms with Crippen LogP contribution in [0.15, 0.2) is 0 Å². The summed E-state index contributed by atoms with van der Waals surface area (Å²) in [7, 11) is 0. The first-order chi connectivity index (χ1) is 8.84. The summed E-state index contributed by atoms with van der Waals surface area (Å²) in [5.74, 6) is -2.52. The van der Waals surface area contributed by atoms with Crippen molar-refractivity contribution in [3.8, 4) is 0 Å². The van der Waals surface area contributed by atoms with Crippen LogP contribution in [0.3, 0.4) is 0 Å². The maximum absolute atomic E-state index is 12.9. The number of carbonyl (C=O) groups excluding carboxylic acids is 1. The second-order valence-corrected chi connectivity index (χ2v) is 7.12. The van der Waals surface area contributed by atoms with E-state index in [-0.39, 0.29) is 30.2 Å². The predicted molar refractivity (Wildman–Crippen MR) is 68.0 cm³/mol. The highest BCUT2D eigenvalue weighted by molar-refractivity contribution is 5.84. The van der Waals surface area contributed by atoms with Gasteiger partial charge in [0.25, 0.3) is 0 Å². The maximum atomic E-state index is 12.9. The molecule has 3 aliphatic rings. The Morgan fingerprint density at radius 2 is 1.95 bits per heavy atom. The van der Waals surface area contributed by atoms with Crippen molar-refractivity contribution in [2.24, 2.45) is 10.8 Å². The highest BCUT2D eigenvalue weighted by Crippen LogP contribution is 2.51. The lowest BCUT2D eigenvalue weighted by atomic mass is 9.67. The molecule has 2 aliphatic carbocycles. The van der Waals surface area contributed by atoms with Gasteiger partial charge in [0.1, 0.15) is 0 Å². The summed E-state index contributed by atoms with van der Waals surface area (Å²) in [6, 6.07) is -0.0980. The Morgan fingerprint density at radius 3 is 2.42 bits per heavy atom. The fourth-order valence-corrected chi connectivity index (χ4v) is 4.13. The van der Waals surface area contributed by atoms with Crippen LogP contribution in [0, 0.1) is 10.8 Å². The number of carbonyl (C=O) groups is 1. The molecule has 1 amide bonds. The summed E-state index contributed by atoms with van der Waals surface area (Å²) in [4.78, 5) is 12.2. The molecule has 1 heterocycles. The van der Waals surface area contributed by atoms with E-state index in [0.717, 1.165) is 19.4 Å². The number of nitrogens with one attached hydrogen (secondary N) is 2. The molecule has 1 spiro atoms. The van der Waals surface area contributed by atoms with Gasteiger partial charge in [-0.2, -0.15) is 0 Å². The predicted octanol–water partition coefficient (Wildman–Crippen LogP) is 2.07. The van der Waals surface area contributed by atoms with E-state index in [2.05, 4.69) is 10.6 Å². The van der Waals surface area contributed by atoms with Crippen LogP contribution in [-0.4, -0.2) is 31.0 Å². The van der Waals surface area contributed by atoms with Gasteiger partial charge >= 0.3 is 0 Å². The smallest absolute Gasteiger partial charge is 0.249 e. The number of rotatable bonds is 3. The Bertz CT molecular complexity index is 383. The molecule has 1 atom stereocenters. The van der Waals surface area contributed by atoms with E-state index < -0.39 is 11.3 Å². The third-order valence-electron chi connectivity index (χ3n) is 5.19. The highest BCUT2D eigenvalue weighted by atomic mass is 19.3. The van der Waals surface area contributed by atoms with Crippen LogP contribution in [0.5, 0.6) is 0 Å². The molecule has 1 saturated heterocycles. The van der Waals surface area contributed by atoms with Gasteiger partial charge in [0.15, 0.2) is 0 Å². The molecule has 2 saturated carbocycles. The molecule has 0 aromatic carbocycles. The van der Waals surface area contributed by atoms with Crippen LogP contribution in [-0.2, 0) is 4.79 Å². The third kappa shape index (κ3) is 2.26. The first-order valence-corrected chi connectivity index (χ1v) is 7.23. The van der Waals surface area contributed by atoms with Crippen LogP contribution in [0.1, 0.15) is 45.4 Å². The van der Waals surface area contributed by atoms with Gasteiger partial charge in [-0.25, -0.2) is 8.78 Å². The number of alkyl halides is 2. The lowest BCUT2D eigenvalue weighted by Gasteiger charge is -2.48. The second-order valence-electron chi connectivity index (χ2n) is 7.12. The summed E-state index contributed by atoms with van der Waals surface area (Å²) in [6.45, 7) is 3.13. The molecular formula is C14H22F2N2O. The first-order valence-electron chi connectivity index (χ1n) is 7.23. The van der Waals surface area contributed by atoms with Crippen LogP contribution in [0.4, 0.5) is 8.78 Å². The van der Waals surface area contributed by atoms with Crippen molar-refractivity contribution in [1.82, 2.24) is 10.6 Å². The molecule has 0 bridgehead atoms. The minimum Gasteiger partial charge on any atom is -0.354 e. The van der Waals surface area contributed by atoms with Crippen molar-refractivity contribution in [3.05, 3.63) is 0 Å². The quantitative estimate of drug-likeness (QED) is 0.826. The second kappa shape index (κ2) is 4.14. The largest absolute Gasteiger partial charge is 0.354 e. The Labute approximate surface area is 112 Å². The van der Waals surface area contributed by atoms with E-state index in [4.69, 9.17) is 0 Å². The van der Waals surface area contributed by atoms with E-state index in [9.17, 15) is 13.6 Å². The highest BCUT2D eigenvalue weighted by Gasteiger charge is 2.55. The van der Waals surface area contributed by atoms with Crippen molar-refractivity contribution < 1.29 is 13.6 Å². The van der Waals surface area contributed by atoms with Gasteiger partial charge in [-0.05, 0) is 18.3 Å².